The summed E-state index contributed by atoms with van der Waals surface area (Å²) in [5.41, 5.74) is 7.29. The summed E-state index contributed by atoms with van der Waals surface area (Å²) < 4.78 is 77.3. The van der Waals surface area contributed by atoms with E-state index in [0.717, 1.165) is 13.3 Å². The second-order valence-electron chi connectivity index (χ2n) is 5.21. The Morgan fingerprint density at radius 1 is 1.35 bits per heavy atom. The highest BCUT2D eigenvalue weighted by atomic mass is 32.2. The van der Waals surface area contributed by atoms with Gasteiger partial charge in [-0.2, -0.15) is 17.9 Å². The molecule has 0 unspecified atom stereocenters. The largest absolute Gasteiger partial charge is 0.451 e. The first-order chi connectivity index (χ1) is 11.7. The molecule has 1 aromatic carbocycles. The molecule has 0 saturated carbocycles. The Balaban J connectivity index is 2.96. The zero-order valence-corrected chi connectivity index (χ0v) is 14.8. The quantitative estimate of drug-likeness (QED) is 0.322. The number of benzene rings is 1. The molecule has 0 spiro atoms. The van der Waals surface area contributed by atoms with Gasteiger partial charge in [0.25, 0.3) is 0 Å². The minimum absolute atomic E-state index is 0.0620. The van der Waals surface area contributed by atoms with Crippen LogP contribution in [0.25, 0.3) is 5.69 Å². The SMILES string of the molecule is Cn1c(C(F)(F)F)nn(-c2cc(S(C)(=O)=O)c(C(N)=S)c(N)c2F)c1=O. The van der Waals surface area contributed by atoms with Gasteiger partial charge in [0.2, 0.25) is 5.82 Å². The van der Waals surface area contributed by atoms with Crippen LogP contribution in [0.2, 0.25) is 0 Å². The number of nitrogens with zero attached hydrogens (tertiary/aromatic N) is 3. The number of anilines is 1. The van der Waals surface area contributed by atoms with E-state index in [1.807, 2.05) is 0 Å². The van der Waals surface area contributed by atoms with Gasteiger partial charge >= 0.3 is 11.9 Å². The van der Waals surface area contributed by atoms with Crippen molar-refractivity contribution in [1.82, 2.24) is 14.3 Å². The van der Waals surface area contributed by atoms with Crippen LogP contribution < -0.4 is 17.2 Å². The van der Waals surface area contributed by atoms with Crippen LogP contribution in [0.5, 0.6) is 0 Å². The van der Waals surface area contributed by atoms with Gasteiger partial charge in [-0.25, -0.2) is 17.6 Å². The second kappa shape index (κ2) is 6.05. The van der Waals surface area contributed by atoms with Gasteiger partial charge in [0.05, 0.1) is 16.1 Å². The first-order valence-electron chi connectivity index (χ1n) is 6.53. The van der Waals surface area contributed by atoms with E-state index >= 15 is 0 Å². The molecule has 26 heavy (non-hydrogen) atoms. The number of thiocarbonyl (C=S) groups is 1. The second-order valence-corrected chi connectivity index (χ2v) is 7.63. The molecule has 2 rings (SSSR count). The van der Waals surface area contributed by atoms with E-state index in [1.165, 1.54) is 0 Å². The summed E-state index contributed by atoms with van der Waals surface area (Å²) >= 11 is 4.65. The first kappa shape index (κ1) is 19.8. The molecule has 4 N–H and O–H groups in total. The van der Waals surface area contributed by atoms with Crippen LogP contribution in [-0.4, -0.2) is 34.0 Å². The highest BCUT2D eigenvalue weighted by molar-refractivity contribution is 7.91. The van der Waals surface area contributed by atoms with Crippen LogP contribution in [-0.2, 0) is 23.1 Å². The van der Waals surface area contributed by atoms with E-state index < -0.39 is 60.2 Å². The number of sulfone groups is 1. The molecule has 0 saturated heterocycles. The van der Waals surface area contributed by atoms with Crippen LogP contribution in [0.1, 0.15) is 11.4 Å². The summed E-state index contributed by atoms with van der Waals surface area (Å²) in [5, 5.41) is 3.04. The molecule has 0 aliphatic heterocycles. The van der Waals surface area contributed by atoms with Gasteiger partial charge in [0, 0.05) is 13.3 Å². The molecule has 1 aromatic heterocycles. The van der Waals surface area contributed by atoms with Crippen molar-refractivity contribution in [2.75, 3.05) is 12.0 Å². The summed E-state index contributed by atoms with van der Waals surface area (Å²) in [6, 6.07) is 0.601. The number of hydrogen-bond acceptors (Lipinski definition) is 6. The Labute approximate surface area is 148 Å². The van der Waals surface area contributed by atoms with Crippen LogP contribution in [0.3, 0.4) is 0 Å². The van der Waals surface area contributed by atoms with Gasteiger partial charge in [-0.3, -0.25) is 4.57 Å². The third-order valence-electron chi connectivity index (χ3n) is 3.35. The number of nitrogens with two attached hydrogens (primary N) is 2. The van der Waals surface area contributed by atoms with E-state index in [2.05, 4.69) is 17.3 Å². The maximum absolute atomic E-state index is 14.6. The molecule has 14 heteroatoms. The zero-order valence-electron chi connectivity index (χ0n) is 13.1. The van der Waals surface area contributed by atoms with Crippen molar-refractivity contribution in [2.24, 2.45) is 12.8 Å². The zero-order chi connectivity index (χ0) is 20.2. The fourth-order valence-electron chi connectivity index (χ4n) is 2.18. The molecule has 0 bridgehead atoms. The van der Waals surface area contributed by atoms with Gasteiger partial charge in [-0.1, -0.05) is 12.2 Å². The molecule has 0 aliphatic rings. The molecule has 0 radical (unpaired) electrons. The van der Waals surface area contributed by atoms with Crippen molar-refractivity contribution in [3.05, 3.63) is 33.8 Å². The Morgan fingerprint density at radius 2 is 1.88 bits per heavy atom. The van der Waals surface area contributed by atoms with Crippen LogP contribution in [0.15, 0.2) is 15.8 Å². The van der Waals surface area contributed by atoms with Gasteiger partial charge in [-0.05, 0) is 6.07 Å². The van der Waals surface area contributed by atoms with Crippen LogP contribution >= 0.6 is 12.2 Å². The lowest BCUT2D eigenvalue weighted by Gasteiger charge is -2.14. The van der Waals surface area contributed by atoms with Crippen molar-refractivity contribution >= 4 is 32.7 Å². The molecule has 1 heterocycles. The monoisotopic (exact) mass is 413 g/mol. The Morgan fingerprint density at radius 3 is 2.27 bits per heavy atom. The van der Waals surface area contributed by atoms with Gasteiger partial charge in [0.1, 0.15) is 10.7 Å². The average Bonchev–Trinajstić information content (AvgIpc) is 2.76. The molecule has 0 aliphatic carbocycles. The van der Waals surface area contributed by atoms with E-state index in [0.29, 0.717) is 6.07 Å². The lowest BCUT2D eigenvalue weighted by atomic mass is 10.1. The molecule has 142 valence electrons. The van der Waals surface area contributed by atoms with Crippen molar-refractivity contribution < 1.29 is 26.0 Å². The number of hydrogen-bond donors (Lipinski definition) is 2. The van der Waals surface area contributed by atoms with Crippen molar-refractivity contribution in [1.29, 1.82) is 0 Å². The normalized spacial score (nSPS) is 12.4. The molecule has 8 nitrogen and oxygen atoms in total. The number of nitrogen functional groups attached to an aromatic ring is 1. The predicted octanol–water partition coefficient (Wildman–Crippen LogP) is 0.349. The van der Waals surface area contributed by atoms with Gasteiger partial charge in [-0.15, -0.1) is 5.10 Å². The number of rotatable bonds is 3. The summed E-state index contributed by atoms with van der Waals surface area (Å²) in [7, 11) is -3.30. The van der Waals surface area contributed by atoms with Crippen molar-refractivity contribution in [3.8, 4) is 5.69 Å². The average molecular weight is 413 g/mol. The Hall–Kier alpha value is -2.48. The predicted molar refractivity (Wildman–Crippen MR) is 87.2 cm³/mol. The van der Waals surface area contributed by atoms with Crippen LogP contribution in [0, 0.1) is 5.82 Å². The number of aromatic nitrogens is 3. The smallest absolute Gasteiger partial charge is 0.396 e. The third-order valence-corrected chi connectivity index (χ3v) is 4.68. The maximum Gasteiger partial charge on any atom is 0.451 e. The molecular weight excluding hydrogens is 402 g/mol. The van der Waals surface area contributed by atoms with Crippen LogP contribution in [0.4, 0.5) is 23.2 Å². The van der Waals surface area contributed by atoms with E-state index in [-0.39, 0.29) is 9.25 Å². The highest BCUT2D eigenvalue weighted by Crippen LogP contribution is 2.31. The molecular formula is C12H11F4N5O3S2. The minimum Gasteiger partial charge on any atom is -0.396 e. The standard InChI is InChI=1S/C12H11F4N5O3S2/c1-20-10(12(14,15)16)19-21(11(20)22)4-3-5(26(2,23)24)6(9(18)25)8(17)7(4)13/h3H,17H2,1-2H3,(H2,18,25). The lowest BCUT2D eigenvalue weighted by molar-refractivity contribution is -0.147. The number of alkyl halides is 3. The highest BCUT2D eigenvalue weighted by Gasteiger charge is 2.38. The first-order valence-corrected chi connectivity index (χ1v) is 8.83. The van der Waals surface area contributed by atoms with E-state index in [9.17, 15) is 30.8 Å². The Bertz CT molecular complexity index is 1090. The summed E-state index contributed by atoms with van der Waals surface area (Å²) in [6.45, 7) is 0. The summed E-state index contributed by atoms with van der Waals surface area (Å²) in [6.07, 6.45) is -4.27. The Kier molecular flexibility index (Phi) is 4.62. The van der Waals surface area contributed by atoms with Gasteiger partial charge in [0.15, 0.2) is 15.7 Å². The topological polar surface area (TPSA) is 126 Å². The van der Waals surface area contributed by atoms with Gasteiger partial charge < -0.3 is 11.5 Å². The molecule has 0 fully saturated rings. The molecule has 0 atom stereocenters. The molecule has 0 amide bonds. The maximum atomic E-state index is 14.6. The van der Waals surface area contributed by atoms with E-state index in [1.54, 1.807) is 0 Å². The van der Waals surface area contributed by atoms with Crippen molar-refractivity contribution in [2.45, 2.75) is 11.1 Å². The molecule has 2 aromatic rings. The van der Waals surface area contributed by atoms with E-state index in [4.69, 9.17) is 11.5 Å². The fourth-order valence-corrected chi connectivity index (χ4v) is 3.38. The third kappa shape index (κ3) is 3.16. The summed E-state index contributed by atoms with van der Waals surface area (Å²) in [5.74, 6) is -3.01. The number of halogens is 4. The minimum atomic E-state index is -5.00. The van der Waals surface area contributed by atoms with Crippen molar-refractivity contribution in [3.63, 3.8) is 0 Å². The summed E-state index contributed by atoms with van der Waals surface area (Å²) in [4.78, 5) is 10.8. The fraction of sp³-hybridized carbons (Fsp3) is 0.250. The lowest BCUT2D eigenvalue weighted by Crippen LogP contribution is -2.25.